The van der Waals surface area contributed by atoms with Crippen LogP contribution in [0.4, 0.5) is 19.1 Å². The molecule has 0 fully saturated rings. The zero-order valence-corrected chi connectivity index (χ0v) is 19.4. The van der Waals surface area contributed by atoms with E-state index in [4.69, 9.17) is 15.7 Å². The summed E-state index contributed by atoms with van der Waals surface area (Å²) in [5.74, 6) is 0.392. The normalized spacial score (nSPS) is 12.6. The first-order chi connectivity index (χ1) is 17.3. The molecule has 0 saturated carbocycles. The quantitative estimate of drug-likeness (QED) is 0.301. The van der Waals surface area contributed by atoms with Crippen LogP contribution in [-0.2, 0) is 12.7 Å². The molecule has 1 atom stereocenters. The summed E-state index contributed by atoms with van der Waals surface area (Å²) in [6, 6.07) is 20.3. The van der Waals surface area contributed by atoms with Crippen LogP contribution in [-0.4, -0.2) is 19.4 Å². The third-order valence-corrected chi connectivity index (χ3v) is 5.96. The highest BCUT2D eigenvalue weighted by molar-refractivity contribution is 5.81. The van der Waals surface area contributed by atoms with E-state index in [-0.39, 0.29) is 12.6 Å². The molecular weight excluding hydrogens is 465 g/mol. The van der Waals surface area contributed by atoms with Gasteiger partial charge in [-0.05, 0) is 36.8 Å². The number of nitrogens with zero attached hydrogens (tertiary/aromatic N) is 4. The molecule has 3 N–H and O–H groups in total. The van der Waals surface area contributed by atoms with Gasteiger partial charge in [0.15, 0.2) is 0 Å². The topological polar surface area (TPSA) is 81.1 Å². The Morgan fingerprint density at radius 1 is 0.972 bits per heavy atom. The van der Waals surface area contributed by atoms with Gasteiger partial charge in [0.25, 0.3) is 0 Å². The van der Waals surface area contributed by atoms with Crippen molar-refractivity contribution in [2.75, 3.05) is 5.32 Å². The number of hydrogen-bond donors (Lipinski definition) is 2. The SMILES string of the molecule is C[C@H](Nc1nccc(-c2c(-c3cccc(C(F)(F)F)c3)nc3c(CN)cccn23)n1)c1ccccc1. The molecule has 0 radical (unpaired) electrons. The lowest BCUT2D eigenvalue weighted by Gasteiger charge is -2.15. The van der Waals surface area contributed by atoms with Gasteiger partial charge in [0.2, 0.25) is 5.95 Å². The van der Waals surface area contributed by atoms with Crippen LogP contribution in [0.25, 0.3) is 28.3 Å². The van der Waals surface area contributed by atoms with Crippen LogP contribution in [0.2, 0.25) is 0 Å². The standard InChI is InChI=1S/C27H23F3N6/c1-17(18-7-3-2-4-8-18)33-26-32-13-12-22(34-26)24-23(19-9-5-11-21(15-19)27(28,29)30)35-25-20(16-31)10-6-14-36(24)25/h2-15,17H,16,31H2,1H3,(H,32,33,34)/t17-/m0/s1. The van der Waals surface area contributed by atoms with Crippen LogP contribution in [0.15, 0.2) is 85.2 Å². The van der Waals surface area contributed by atoms with Gasteiger partial charge in [-0.15, -0.1) is 0 Å². The summed E-state index contributed by atoms with van der Waals surface area (Å²) in [6.07, 6.45) is -1.06. The molecule has 5 aromatic rings. The van der Waals surface area contributed by atoms with E-state index >= 15 is 0 Å². The average Bonchev–Trinajstić information content (AvgIpc) is 3.29. The Morgan fingerprint density at radius 3 is 2.53 bits per heavy atom. The van der Waals surface area contributed by atoms with Gasteiger partial charge in [-0.1, -0.05) is 48.5 Å². The van der Waals surface area contributed by atoms with Crippen molar-refractivity contribution in [1.29, 1.82) is 0 Å². The predicted octanol–water partition coefficient (Wildman–Crippen LogP) is 6.11. The summed E-state index contributed by atoms with van der Waals surface area (Å²) >= 11 is 0. The summed E-state index contributed by atoms with van der Waals surface area (Å²) in [5, 5.41) is 3.30. The molecule has 9 heteroatoms. The van der Waals surface area contributed by atoms with Crippen molar-refractivity contribution in [3.8, 4) is 22.6 Å². The van der Waals surface area contributed by atoms with Gasteiger partial charge in [0, 0.05) is 30.1 Å². The Labute approximate surface area is 205 Å². The maximum atomic E-state index is 13.5. The molecule has 0 aliphatic rings. The highest BCUT2D eigenvalue weighted by atomic mass is 19.4. The Bertz CT molecular complexity index is 1510. The second kappa shape index (κ2) is 9.43. The molecule has 0 unspecified atom stereocenters. The first kappa shape index (κ1) is 23.5. The third-order valence-electron chi connectivity index (χ3n) is 5.96. The minimum atomic E-state index is -4.47. The van der Waals surface area contributed by atoms with E-state index in [1.54, 1.807) is 24.5 Å². The molecule has 3 heterocycles. The number of nitrogens with two attached hydrogens (primary N) is 1. The van der Waals surface area contributed by atoms with Crippen molar-refractivity contribution in [3.05, 3.63) is 102 Å². The Hall–Kier alpha value is -4.24. The Morgan fingerprint density at radius 2 is 1.78 bits per heavy atom. The molecule has 0 spiro atoms. The molecular formula is C27H23F3N6. The van der Waals surface area contributed by atoms with Gasteiger partial charge in [-0.3, -0.25) is 4.40 Å². The smallest absolute Gasteiger partial charge is 0.348 e. The van der Waals surface area contributed by atoms with E-state index in [2.05, 4.69) is 10.3 Å². The minimum Gasteiger partial charge on any atom is -0.348 e. The van der Waals surface area contributed by atoms with Crippen LogP contribution in [0.1, 0.15) is 29.7 Å². The van der Waals surface area contributed by atoms with E-state index in [1.165, 1.54) is 6.07 Å². The van der Waals surface area contributed by atoms with E-state index in [9.17, 15) is 13.2 Å². The van der Waals surface area contributed by atoms with Crippen molar-refractivity contribution >= 4 is 11.6 Å². The maximum Gasteiger partial charge on any atom is 0.416 e. The van der Waals surface area contributed by atoms with Crippen LogP contribution in [0, 0.1) is 0 Å². The highest BCUT2D eigenvalue weighted by Gasteiger charge is 2.31. The van der Waals surface area contributed by atoms with Crippen molar-refractivity contribution < 1.29 is 13.2 Å². The van der Waals surface area contributed by atoms with Gasteiger partial charge < -0.3 is 11.1 Å². The fourth-order valence-corrected chi connectivity index (χ4v) is 4.15. The van der Waals surface area contributed by atoms with Gasteiger partial charge in [0.05, 0.1) is 28.7 Å². The number of anilines is 1. The molecule has 2 aromatic carbocycles. The second-order valence-corrected chi connectivity index (χ2v) is 8.36. The molecule has 182 valence electrons. The largest absolute Gasteiger partial charge is 0.416 e. The van der Waals surface area contributed by atoms with Crippen LogP contribution < -0.4 is 11.1 Å². The van der Waals surface area contributed by atoms with Crippen LogP contribution in [0.3, 0.4) is 0 Å². The number of alkyl halides is 3. The maximum absolute atomic E-state index is 13.5. The molecule has 0 saturated heterocycles. The van der Waals surface area contributed by atoms with Crippen molar-refractivity contribution in [2.45, 2.75) is 25.7 Å². The molecule has 5 rings (SSSR count). The molecule has 0 aliphatic carbocycles. The number of imidazole rings is 1. The number of halogens is 3. The number of rotatable bonds is 6. The average molecular weight is 489 g/mol. The molecule has 36 heavy (non-hydrogen) atoms. The van der Waals surface area contributed by atoms with E-state index in [0.717, 1.165) is 23.3 Å². The fourth-order valence-electron chi connectivity index (χ4n) is 4.15. The van der Waals surface area contributed by atoms with Crippen molar-refractivity contribution in [2.24, 2.45) is 5.73 Å². The lowest BCUT2D eigenvalue weighted by molar-refractivity contribution is -0.137. The van der Waals surface area contributed by atoms with Gasteiger partial charge in [0.1, 0.15) is 5.65 Å². The Balaban J connectivity index is 1.65. The van der Waals surface area contributed by atoms with Crippen molar-refractivity contribution in [3.63, 3.8) is 0 Å². The molecule has 0 bridgehead atoms. The van der Waals surface area contributed by atoms with Crippen LogP contribution in [0.5, 0.6) is 0 Å². The number of pyridine rings is 1. The number of nitrogens with one attached hydrogen (secondary N) is 1. The zero-order chi connectivity index (χ0) is 25.3. The van der Waals surface area contributed by atoms with Gasteiger partial charge in [-0.2, -0.15) is 13.2 Å². The Kier molecular flexibility index (Phi) is 6.15. The number of aromatic nitrogens is 4. The lowest BCUT2D eigenvalue weighted by Crippen LogP contribution is -2.09. The molecule has 0 aliphatic heterocycles. The van der Waals surface area contributed by atoms with Gasteiger partial charge >= 0.3 is 6.18 Å². The number of fused-ring (bicyclic) bond motifs is 1. The molecule has 3 aromatic heterocycles. The molecule has 6 nitrogen and oxygen atoms in total. The number of benzene rings is 2. The summed E-state index contributed by atoms with van der Waals surface area (Å²) in [5.41, 5.74) is 9.36. The highest BCUT2D eigenvalue weighted by Crippen LogP contribution is 2.36. The lowest BCUT2D eigenvalue weighted by atomic mass is 10.0. The molecule has 0 amide bonds. The van der Waals surface area contributed by atoms with Crippen LogP contribution >= 0.6 is 0 Å². The van der Waals surface area contributed by atoms with Crippen molar-refractivity contribution in [1.82, 2.24) is 19.4 Å². The summed E-state index contributed by atoms with van der Waals surface area (Å²) < 4.78 is 42.2. The third kappa shape index (κ3) is 4.52. The summed E-state index contributed by atoms with van der Waals surface area (Å²) in [6.45, 7) is 2.23. The predicted molar refractivity (Wildman–Crippen MR) is 133 cm³/mol. The monoisotopic (exact) mass is 488 g/mol. The van der Waals surface area contributed by atoms with E-state index < -0.39 is 11.7 Å². The zero-order valence-electron chi connectivity index (χ0n) is 19.4. The van der Waals surface area contributed by atoms with Gasteiger partial charge in [-0.25, -0.2) is 15.0 Å². The van der Waals surface area contributed by atoms with E-state index in [1.807, 2.05) is 53.8 Å². The van der Waals surface area contributed by atoms with E-state index in [0.29, 0.717) is 34.2 Å². The fraction of sp³-hybridized carbons (Fsp3) is 0.148. The number of hydrogen-bond acceptors (Lipinski definition) is 5. The second-order valence-electron chi connectivity index (χ2n) is 8.36. The summed E-state index contributed by atoms with van der Waals surface area (Å²) in [7, 11) is 0. The summed E-state index contributed by atoms with van der Waals surface area (Å²) in [4.78, 5) is 13.8. The first-order valence-electron chi connectivity index (χ1n) is 11.4. The first-order valence-corrected chi connectivity index (χ1v) is 11.4. The minimum absolute atomic E-state index is 0.0598.